The van der Waals surface area contributed by atoms with Crippen LogP contribution in [0.3, 0.4) is 0 Å². The molecule has 0 saturated carbocycles. The molecule has 0 aliphatic rings. The molecule has 0 bridgehead atoms. The van der Waals surface area contributed by atoms with Crippen LogP contribution < -0.4 is 14.8 Å². The van der Waals surface area contributed by atoms with Crippen LogP contribution in [0.2, 0.25) is 0 Å². The monoisotopic (exact) mass is 345 g/mol. The molecule has 0 spiro atoms. The lowest BCUT2D eigenvalue weighted by atomic mass is 10.3. The number of hydrogen-bond donors (Lipinski definition) is 1. The zero-order valence-electron chi connectivity index (χ0n) is 13.6. The number of amides is 1. The zero-order chi connectivity index (χ0) is 17.8. The smallest absolute Gasteiger partial charge is 0.261 e. The Hall–Kier alpha value is -3.23. The summed E-state index contributed by atoms with van der Waals surface area (Å²) >= 11 is 0. The Balaban J connectivity index is 1.65. The Bertz CT molecular complexity index is 898. The van der Waals surface area contributed by atoms with Crippen LogP contribution in [0.4, 0.5) is 4.39 Å². The maximum atomic E-state index is 13.6. The summed E-state index contributed by atoms with van der Waals surface area (Å²) in [5.41, 5.74) is 0.528. The number of ether oxygens (including phenoxy) is 2. The second-order valence-electron chi connectivity index (χ2n) is 5.17. The van der Waals surface area contributed by atoms with Crippen molar-refractivity contribution in [1.29, 1.82) is 0 Å². The van der Waals surface area contributed by atoms with Crippen LogP contribution in [0.15, 0.2) is 36.4 Å². The van der Waals surface area contributed by atoms with Crippen molar-refractivity contribution in [3.63, 3.8) is 0 Å². The topological polar surface area (TPSA) is 90.6 Å². The number of benzene rings is 1. The quantitative estimate of drug-likeness (QED) is 0.725. The number of para-hydroxylation sites is 1. The van der Waals surface area contributed by atoms with E-state index in [2.05, 4.69) is 20.6 Å². The molecule has 130 valence electrons. The highest BCUT2D eigenvalue weighted by molar-refractivity contribution is 5.80. The first-order valence-electron chi connectivity index (χ1n) is 7.52. The van der Waals surface area contributed by atoms with Gasteiger partial charge in [0.15, 0.2) is 29.1 Å². The van der Waals surface area contributed by atoms with Crippen LogP contribution in [0.1, 0.15) is 12.7 Å². The highest BCUT2D eigenvalue weighted by Gasteiger charge is 2.17. The van der Waals surface area contributed by atoms with E-state index in [0.29, 0.717) is 17.4 Å². The highest BCUT2D eigenvalue weighted by Crippen LogP contribution is 2.17. The molecular formula is C16H16FN5O3. The maximum Gasteiger partial charge on any atom is 0.261 e. The Morgan fingerprint density at radius 1 is 1.28 bits per heavy atom. The average molecular weight is 345 g/mol. The SMILES string of the molecule is COc1ccc2nnc(CNC(=O)C(C)Oc3ccccc3F)n2n1. The molecule has 2 aromatic heterocycles. The van der Waals surface area contributed by atoms with Crippen LogP contribution in [-0.4, -0.2) is 38.9 Å². The largest absolute Gasteiger partial charge is 0.480 e. The number of fused-ring (bicyclic) bond motifs is 1. The van der Waals surface area contributed by atoms with Crippen LogP contribution in [-0.2, 0) is 11.3 Å². The predicted octanol–water partition coefficient (Wildman–Crippen LogP) is 1.36. The van der Waals surface area contributed by atoms with E-state index in [-0.39, 0.29) is 12.3 Å². The number of nitrogens with one attached hydrogen (secondary N) is 1. The average Bonchev–Trinajstić information content (AvgIpc) is 3.03. The van der Waals surface area contributed by atoms with Gasteiger partial charge in [-0.2, -0.15) is 4.52 Å². The highest BCUT2D eigenvalue weighted by atomic mass is 19.1. The molecule has 0 saturated heterocycles. The van der Waals surface area contributed by atoms with E-state index in [4.69, 9.17) is 9.47 Å². The molecule has 1 N–H and O–H groups in total. The molecule has 1 amide bonds. The third kappa shape index (κ3) is 3.65. The predicted molar refractivity (Wildman–Crippen MR) is 85.7 cm³/mol. The van der Waals surface area contributed by atoms with Crippen LogP contribution in [0, 0.1) is 5.82 Å². The summed E-state index contributed by atoms with van der Waals surface area (Å²) in [6, 6.07) is 9.27. The van der Waals surface area contributed by atoms with Crippen molar-refractivity contribution in [2.45, 2.75) is 19.6 Å². The second-order valence-corrected chi connectivity index (χ2v) is 5.17. The van der Waals surface area contributed by atoms with E-state index in [1.165, 1.54) is 30.7 Å². The molecule has 9 heteroatoms. The van der Waals surface area contributed by atoms with Crippen molar-refractivity contribution in [2.75, 3.05) is 7.11 Å². The molecule has 25 heavy (non-hydrogen) atoms. The summed E-state index contributed by atoms with van der Waals surface area (Å²) in [7, 11) is 1.50. The van der Waals surface area contributed by atoms with Crippen molar-refractivity contribution in [3.05, 3.63) is 48.0 Å². The molecule has 0 aliphatic heterocycles. The summed E-state index contributed by atoms with van der Waals surface area (Å²) in [6.45, 7) is 1.62. The van der Waals surface area contributed by atoms with E-state index in [1.807, 2.05) is 0 Å². The van der Waals surface area contributed by atoms with Crippen LogP contribution in [0.5, 0.6) is 11.6 Å². The Morgan fingerprint density at radius 2 is 2.08 bits per heavy atom. The lowest BCUT2D eigenvalue weighted by molar-refractivity contribution is -0.127. The van der Waals surface area contributed by atoms with Crippen LogP contribution >= 0.6 is 0 Å². The Labute approximate surface area is 142 Å². The number of aromatic nitrogens is 4. The van der Waals surface area contributed by atoms with Crippen molar-refractivity contribution in [3.8, 4) is 11.6 Å². The van der Waals surface area contributed by atoms with Crippen molar-refractivity contribution >= 4 is 11.6 Å². The number of nitrogens with zero attached hydrogens (tertiary/aromatic N) is 4. The van der Waals surface area contributed by atoms with Gasteiger partial charge >= 0.3 is 0 Å². The van der Waals surface area contributed by atoms with Crippen molar-refractivity contribution < 1.29 is 18.7 Å². The van der Waals surface area contributed by atoms with Gasteiger partial charge in [0, 0.05) is 6.07 Å². The minimum absolute atomic E-state index is 0.0180. The van der Waals surface area contributed by atoms with Gasteiger partial charge in [0.05, 0.1) is 13.7 Å². The lowest BCUT2D eigenvalue weighted by Gasteiger charge is -2.14. The zero-order valence-corrected chi connectivity index (χ0v) is 13.6. The van der Waals surface area contributed by atoms with Gasteiger partial charge in [-0.15, -0.1) is 15.3 Å². The number of halogens is 1. The maximum absolute atomic E-state index is 13.6. The van der Waals surface area contributed by atoms with Crippen molar-refractivity contribution in [1.82, 2.24) is 25.1 Å². The summed E-state index contributed by atoms with van der Waals surface area (Å²) in [5.74, 6) is -0.0919. The van der Waals surface area contributed by atoms with Gasteiger partial charge in [-0.3, -0.25) is 4.79 Å². The fourth-order valence-electron chi connectivity index (χ4n) is 2.13. The number of rotatable bonds is 6. The van der Waals surface area contributed by atoms with Gasteiger partial charge in [-0.1, -0.05) is 12.1 Å². The van der Waals surface area contributed by atoms with Gasteiger partial charge in [-0.25, -0.2) is 4.39 Å². The fourth-order valence-corrected chi connectivity index (χ4v) is 2.13. The summed E-state index contributed by atoms with van der Waals surface area (Å²) in [5, 5.41) is 14.8. The lowest BCUT2D eigenvalue weighted by Crippen LogP contribution is -2.36. The fraction of sp³-hybridized carbons (Fsp3) is 0.250. The first kappa shape index (κ1) is 16.6. The molecule has 8 nitrogen and oxygen atoms in total. The van der Waals surface area contributed by atoms with Gasteiger partial charge in [0.25, 0.3) is 5.91 Å². The van der Waals surface area contributed by atoms with E-state index < -0.39 is 17.8 Å². The number of carbonyl (C=O) groups excluding carboxylic acids is 1. The van der Waals surface area contributed by atoms with Crippen molar-refractivity contribution in [2.24, 2.45) is 0 Å². The number of carbonyl (C=O) groups is 1. The Kier molecular flexibility index (Phi) is 4.73. The molecule has 0 aliphatic carbocycles. The van der Waals surface area contributed by atoms with E-state index >= 15 is 0 Å². The summed E-state index contributed by atoms with van der Waals surface area (Å²) in [6.07, 6.45) is -0.876. The molecule has 0 fully saturated rings. The summed E-state index contributed by atoms with van der Waals surface area (Å²) in [4.78, 5) is 12.2. The standard InChI is InChI=1S/C16H16FN5O3/c1-10(25-12-6-4-3-5-11(12)17)16(23)18-9-14-20-19-13-7-8-15(24-2)21-22(13)14/h3-8,10H,9H2,1-2H3,(H,18,23). The molecule has 3 rings (SSSR count). The summed E-state index contributed by atoms with van der Waals surface area (Å²) < 4.78 is 25.4. The van der Waals surface area contributed by atoms with Gasteiger partial charge in [0.1, 0.15) is 0 Å². The third-order valence-corrected chi connectivity index (χ3v) is 3.44. The molecule has 1 unspecified atom stereocenters. The molecule has 0 radical (unpaired) electrons. The molecule has 2 heterocycles. The second kappa shape index (κ2) is 7.12. The minimum atomic E-state index is -0.876. The van der Waals surface area contributed by atoms with E-state index in [1.54, 1.807) is 24.3 Å². The first-order chi connectivity index (χ1) is 12.1. The molecule has 3 aromatic rings. The molecular weight excluding hydrogens is 329 g/mol. The number of methoxy groups -OCH3 is 1. The van der Waals surface area contributed by atoms with E-state index in [9.17, 15) is 9.18 Å². The van der Waals surface area contributed by atoms with Gasteiger partial charge < -0.3 is 14.8 Å². The first-order valence-corrected chi connectivity index (χ1v) is 7.52. The Morgan fingerprint density at radius 3 is 2.84 bits per heavy atom. The van der Waals surface area contributed by atoms with Gasteiger partial charge in [-0.05, 0) is 25.1 Å². The van der Waals surface area contributed by atoms with E-state index in [0.717, 1.165) is 0 Å². The molecule has 1 atom stereocenters. The minimum Gasteiger partial charge on any atom is -0.480 e. The number of hydrogen-bond acceptors (Lipinski definition) is 6. The molecule has 1 aromatic carbocycles. The van der Waals surface area contributed by atoms with Crippen LogP contribution in [0.25, 0.3) is 5.65 Å². The third-order valence-electron chi connectivity index (χ3n) is 3.44. The van der Waals surface area contributed by atoms with Gasteiger partial charge in [0.2, 0.25) is 5.88 Å². The normalized spacial score (nSPS) is 12.0.